The SMILES string of the molecule is CC1=CC2=C(CC1)NCC2. The Morgan fingerprint density at radius 1 is 1.30 bits per heavy atom. The van der Waals surface area contributed by atoms with E-state index in [9.17, 15) is 0 Å². The van der Waals surface area contributed by atoms with Crippen molar-refractivity contribution in [2.24, 2.45) is 0 Å². The van der Waals surface area contributed by atoms with Crippen LogP contribution >= 0.6 is 0 Å². The van der Waals surface area contributed by atoms with E-state index >= 15 is 0 Å². The summed E-state index contributed by atoms with van der Waals surface area (Å²) in [5, 5.41) is 3.41. The molecule has 1 aliphatic heterocycles. The summed E-state index contributed by atoms with van der Waals surface area (Å²) in [5.41, 5.74) is 4.61. The van der Waals surface area contributed by atoms with Crippen molar-refractivity contribution in [1.29, 1.82) is 0 Å². The minimum absolute atomic E-state index is 1.16. The quantitative estimate of drug-likeness (QED) is 0.535. The first kappa shape index (κ1) is 6.02. The lowest BCUT2D eigenvalue weighted by atomic mass is 9.98. The Balaban J connectivity index is 2.29. The van der Waals surface area contributed by atoms with Crippen LogP contribution in [0.2, 0.25) is 0 Å². The molecule has 1 nitrogen and oxygen atoms in total. The highest BCUT2D eigenvalue weighted by Crippen LogP contribution is 2.26. The van der Waals surface area contributed by atoms with Crippen molar-refractivity contribution in [1.82, 2.24) is 5.32 Å². The van der Waals surface area contributed by atoms with Gasteiger partial charge in [-0.1, -0.05) is 11.6 Å². The van der Waals surface area contributed by atoms with Crippen molar-refractivity contribution < 1.29 is 0 Å². The van der Waals surface area contributed by atoms with Gasteiger partial charge in [0.25, 0.3) is 0 Å². The monoisotopic (exact) mass is 135 g/mol. The van der Waals surface area contributed by atoms with E-state index in [0.717, 1.165) is 6.54 Å². The maximum absolute atomic E-state index is 3.41. The molecule has 0 aromatic heterocycles. The Hall–Kier alpha value is -0.720. The Labute approximate surface area is 61.8 Å². The normalized spacial score (nSPS) is 23.9. The maximum Gasteiger partial charge on any atom is 0.0185 e. The summed E-state index contributed by atoms with van der Waals surface area (Å²) in [6.45, 7) is 3.39. The fraction of sp³-hybridized carbons (Fsp3) is 0.556. The van der Waals surface area contributed by atoms with Crippen LogP contribution in [0.15, 0.2) is 22.9 Å². The number of nitrogens with one attached hydrogen (secondary N) is 1. The molecule has 2 aliphatic rings. The Bertz CT molecular complexity index is 211. The molecule has 0 unspecified atom stereocenters. The third kappa shape index (κ3) is 0.859. The Morgan fingerprint density at radius 2 is 2.20 bits per heavy atom. The first-order valence-corrected chi connectivity index (χ1v) is 3.99. The number of allylic oxidation sites excluding steroid dienone is 3. The molecular formula is C9H13N. The predicted molar refractivity (Wildman–Crippen MR) is 42.6 cm³/mol. The van der Waals surface area contributed by atoms with Crippen molar-refractivity contribution >= 4 is 0 Å². The van der Waals surface area contributed by atoms with E-state index < -0.39 is 0 Å². The van der Waals surface area contributed by atoms with Gasteiger partial charge >= 0.3 is 0 Å². The van der Waals surface area contributed by atoms with Crippen LogP contribution in [0.3, 0.4) is 0 Å². The average Bonchev–Trinajstić information content (AvgIpc) is 2.33. The van der Waals surface area contributed by atoms with Crippen molar-refractivity contribution in [3.63, 3.8) is 0 Å². The van der Waals surface area contributed by atoms with Crippen LogP contribution in [-0.2, 0) is 0 Å². The molecule has 0 aromatic carbocycles. The lowest BCUT2D eigenvalue weighted by Crippen LogP contribution is -2.08. The average molecular weight is 135 g/mol. The molecule has 0 amide bonds. The predicted octanol–water partition coefficient (Wildman–Crippen LogP) is 1.97. The second-order valence-electron chi connectivity index (χ2n) is 3.17. The molecule has 2 rings (SSSR count). The third-order valence-electron chi connectivity index (χ3n) is 2.31. The van der Waals surface area contributed by atoms with E-state index in [1.165, 1.54) is 25.0 Å². The van der Waals surface area contributed by atoms with Gasteiger partial charge in [-0.25, -0.2) is 0 Å². The highest BCUT2D eigenvalue weighted by molar-refractivity contribution is 5.34. The zero-order chi connectivity index (χ0) is 6.97. The molecule has 0 atom stereocenters. The van der Waals surface area contributed by atoms with E-state index in [4.69, 9.17) is 0 Å². The summed E-state index contributed by atoms with van der Waals surface area (Å²) in [6.07, 6.45) is 6.09. The maximum atomic E-state index is 3.41. The summed E-state index contributed by atoms with van der Waals surface area (Å²) in [6, 6.07) is 0. The molecule has 0 saturated carbocycles. The van der Waals surface area contributed by atoms with Gasteiger partial charge in [-0.15, -0.1) is 0 Å². The fourth-order valence-corrected chi connectivity index (χ4v) is 1.71. The number of hydrogen-bond acceptors (Lipinski definition) is 1. The molecule has 10 heavy (non-hydrogen) atoms. The van der Waals surface area contributed by atoms with E-state index in [-0.39, 0.29) is 0 Å². The molecule has 1 heteroatoms. The molecule has 0 bridgehead atoms. The van der Waals surface area contributed by atoms with Crippen LogP contribution in [0.5, 0.6) is 0 Å². The van der Waals surface area contributed by atoms with Gasteiger partial charge < -0.3 is 5.32 Å². The van der Waals surface area contributed by atoms with Gasteiger partial charge in [-0.05, 0) is 31.8 Å². The summed E-state index contributed by atoms with van der Waals surface area (Å²) in [7, 11) is 0. The molecular weight excluding hydrogens is 122 g/mol. The molecule has 0 saturated heterocycles. The zero-order valence-corrected chi connectivity index (χ0v) is 6.41. The van der Waals surface area contributed by atoms with Crippen LogP contribution in [0.1, 0.15) is 26.2 Å². The van der Waals surface area contributed by atoms with Crippen LogP contribution in [0.25, 0.3) is 0 Å². The van der Waals surface area contributed by atoms with Crippen LogP contribution < -0.4 is 5.32 Å². The first-order chi connectivity index (χ1) is 4.86. The topological polar surface area (TPSA) is 12.0 Å². The zero-order valence-electron chi connectivity index (χ0n) is 6.41. The van der Waals surface area contributed by atoms with Gasteiger partial charge in [0.2, 0.25) is 0 Å². The van der Waals surface area contributed by atoms with Crippen LogP contribution in [-0.4, -0.2) is 6.54 Å². The standard InChI is InChI=1S/C9H13N/c1-7-2-3-9-8(6-7)4-5-10-9/h6,10H,2-5H2,1H3. The minimum Gasteiger partial charge on any atom is -0.388 e. The van der Waals surface area contributed by atoms with Crippen LogP contribution in [0, 0.1) is 0 Å². The summed E-state index contributed by atoms with van der Waals surface area (Å²) in [4.78, 5) is 0. The van der Waals surface area contributed by atoms with Crippen LogP contribution in [0.4, 0.5) is 0 Å². The van der Waals surface area contributed by atoms with Crippen molar-refractivity contribution in [2.45, 2.75) is 26.2 Å². The Kier molecular flexibility index (Phi) is 1.30. The van der Waals surface area contributed by atoms with Gasteiger partial charge in [0, 0.05) is 12.2 Å². The summed E-state index contributed by atoms with van der Waals surface area (Å²) in [5.74, 6) is 0. The third-order valence-corrected chi connectivity index (χ3v) is 2.31. The summed E-state index contributed by atoms with van der Waals surface area (Å²) < 4.78 is 0. The first-order valence-electron chi connectivity index (χ1n) is 3.99. The van der Waals surface area contributed by atoms with Crippen molar-refractivity contribution in [2.75, 3.05) is 6.54 Å². The van der Waals surface area contributed by atoms with Gasteiger partial charge in [0.05, 0.1) is 0 Å². The van der Waals surface area contributed by atoms with Crippen molar-refractivity contribution in [3.05, 3.63) is 22.9 Å². The second kappa shape index (κ2) is 2.15. The van der Waals surface area contributed by atoms with Crippen molar-refractivity contribution in [3.8, 4) is 0 Å². The molecule has 54 valence electrons. The van der Waals surface area contributed by atoms with E-state index in [0.29, 0.717) is 0 Å². The smallest absolute Gasteiger partial charge is 0.0185 e. The molecule has 1 N–H and O–H groups in total. The Morgan fingerprint density at radius 3 is 3.10 bits per heavy atom. The highest BCUT2D eigenvalue weighted by atomic mass is 14.9. The van der Waals surface area contributed by atoms with Gasteiger partial charge in [0.1, 0.15) is 0 Å². The summed E-state index contributed by atoms with van der Waals surface area (Å²) >= 11 is 0. The number of rotatable bonds is 0. The number of hydrogen-bond donors (Lipinski definition) is 1. The second-order valence-corrected chi connectivity index (χ2v) is 3.17. The fourth-order valence-electron chi connectivity index (χ4n) is 1.71. The van der Waals surface area contributed by atoms with E-state index in [1.54, 1.807) is 11.1 Å². The molecule has 1 aliphatic carbocycles. The molecule has 0 radical (unpaired) electrons. The van der Waals surface area contributed by atoms with Gasteiger partial charge in [0.15, 0.2) is 0 Å². The molecule has 0 spiro atoms. The molecule has 1 heterocycles. The lowest BCUT2D eigenvalue weighted by molar-refractivity contribution is 0.796. The van der Waals surface area contributed by atoms with Gasteiger partial charge in [-0.2, -0.15) is 0 Å². The van der Waals surface area contributed by atoms with Gasteiger partial charge in [-0.3, -0.25) is 0 Å². The largest absolute Gasteiger partial charge is 0.388 e. The minimum atomic E-state index is 1.16. The molecule has 0 aromatic rings. The van der Waals surface area contributed by atoms with E-state index in [1.807, 2.05) is 0 Å². The lowest BCUT2D eigenvalue weighted by Gasteiger charge is -2.11. The highest BCUT2D eigenvalue weighted by Gasteiger charge is 2.15. The van der Waals surface area contributed by atoms with E-state index in [2.05, 4.69) is 18.3 Å². The molecule has 0 fully saturated rings.